The summed E-state index contributed by atoms with van der Waals surface area (Å²) in [5.74, 6) is 0. The summed E-state index contributed by atoms with van der Waals surface area (Å²) in [5.41, 5.74) is 7.68. The van der Waals surface area contributed by atoms with E-state index in [1.165, 1.54) is 46.4 Å². The lowest BCUT2D eigenvalue weighted by molar-refractivity contribution is 0.689. The summed E-state index contributed by atoms with van der Waals surface area (Å²) < 4.78 is 0. The van der Waals surface area contributed by atoms with E-state index in [-0.39, 0.29) is 0 Å². The van der Waals surface area contributed by atoms with Crippen molar-refractivity contribution in [3.63, 3.8) is 0 Å². The molecule has 1 aromatic carbocycles. The first-order valence-corrected chi connectivity index (χ1v) is 6.99. The topological polar surface area (TPSA) is 40.7 Å². The lowest BCUT2D eigenvalue weighted by atomic mass is 9.95. The quantitative estimate of drug-likeness (QED) is 0.880. The second-order valence-electron chi connectivity index (χ2n) is 5.70. The maximum atomic E-state index is 4.24. The first-order chi connectivity index (χ1) is 9.15. The normalized spacial score (nSPS) is 14.9. The molecule has 1 saturated carbocycles. The van der Waals surface area contributed by atoms with Gasteiger partial charge in [0, 0.05) is 23.7 Å². The summed E-state index contributed by atoms with van der Waals surface area (Å²) in [6.07, 6.45) is 4.58. The van der Waals surface area contributed by atoms with Crippen molar-refractivity contribution in [2.45, 2.75) is 46.2 Å². The number of benzene rings is 1. The molecule has 3 rings (SSSR count). The SMILES string of the molecule is Cc1cc(C)c(-c2[nH]ncc2CNC2CC2)c(C)c1. The van der Waals surface area contributed by atoms with Crippen molar-refractivity contribution < 1.29 is 0 Å². The van der Waals surface area contributed by atoms with Crippen LogP contribution in [0.1, 0.15) is 35.1 Å². The lowest BCUT2D eigenvalue weighted by Crippen LogP contribution is -2.15. The molecule has 100 valence electrons. The van der Waals surface area contributed by atoms with E-state index < -0.39 is 0 Å². The Kier molecular flexibility index (Phi) is 3.15. The van der Waals surface area contributed by atoms with Crippen molar-refractivity contribution in [3.05, 3.63) is 40.6 Å². The van der Waals surface area contributed by atoms with Crippen molar-refractivity contribution >= 4 is 0 Å². The van der Waals surface area contributed by atoms with Crippen LogP contribution in [0.25, 0.3) is 11.3 Å². The molecule has 3 nitrogen and oxygen atoms in total. The Labute approximate surface area is 114 Å². The average Bonchev–Trinajstić information content (AvgIpc) is 3.06. The number of hydrogen-bond acceptors (Lipinski definition) is 2. The second-order valence-corrected chi connectivity index (χ2v) is 5.70. The van der Waals surface area contributed by atoms with Gasteiger partial charge in [0.25, 0.3) is 0 Å². The fraction of sp³-hybridized carbons (Fsp3) is 0.438. The van der Waals surface area contributed by atoms with Crippen molar-refractivity contribution in [1.82, 2.24) is 15.5 Å². The molecule has 0 saturated heterocycles. The Bertz CT molecular complexity index is 571. The van der Waals surface area contributed by atoms with E-state index in [0.717, 1.165) is 12.6 Å². The smallest absolute Gasteiger partial charge is 0.0700 e. The van der Waals surface area contributed by atoms with E-state index in [0.29, 0.717) is 0 Å². The van der Waals surface area contributed by atoms with Crippen molar-refractivity contribution in [2.75, 3.05) is 0 Å². The van der Waals surface area contributed by atoms with Gasteiger partial charge in [0.1, 0.15) is 0 Å². The molecule has 2 aromatic rings. The highest BCUT2D eigenvalue weighted by atomic mass is 15.1. The zero-order chi connectivity index (χ0) is 13.4. The van der Waals surface area contributed by atoms with Crippen LogP contribution < -0.4 is 5.32 Å². The van der Waals surface area contributed by atoms with E-state index in [1.54, 1.807) is 0 Å². The van der Waals surface area contributed by atoms with Gasteiger partial charge in [0.2, 0.25) is 0 Å². The summed E-state index contributed by atoms with van der Waals surface area (Å²) in [6, 6.07) is 5.20. The average molecular weight is 255 g/mol. The minimum absolute atomic E-state index is 0.725. The molecular formula is C16H21N3. The van der Waals surface area contributed by atoms with Gasteiger partial charge < -0.3 is 5.32 Å². The number of rotatable bonds is 4. The van der Waals surface area contributed by atoms with Crippen molar-refractivity contribution in [3.8, 4) is 11.3 Å². The minimum atomic E-state index is 0.725. The predicted molar refractivity (Wildman–Crippen MR) is 78.1 cm³/mol. The molecule has 2 N–H and O–H groups in total. The highest BCUT2D eigenvalue weighted by Crippen LogP contribution is 2.30. The fourth-order valence-corrected chi connectivity index (χ4v) is 2.78. The number of nitrogens with zero attached hydrogens (tertiary/aromatic N) is 1. The molecule has 1 aliphatic rings. The van der Waals surface area contributed by atoms with Crippen LogP contribution in [-0.2, 0) is 6.54 Å². The predicted octanol–water partition coefficient (Wildman–Crippen LogP) is 3.25. The molecule has 3 heteroatoms. The van der Waals surface area contributed by atoms with E-state index >= 15 is 0 Å². The largest absolute Gasteiger partial charge is 0.310 e. The molecule has 0 aliphatic heterocycles. The Morgan fingerprint density at radius 3 is 2.53 bits per heavy atom. The molecule has 1 fully saturated rings. The number of nitrogens with one attached hydrogen (secondary N) is 2. The Balaban J connectivity index is 1.95. The molecule has 0 unspecified atom stereocenters. The summed E-state index contributed by atoms with van der Waals surface area (Å²) >= 11 is 0. The van der Waals surface area contributed by atoms with Crippen LogP contribution in [0.15, 0.2) is 18.3 Å². The summed E-state index contributed by atoms with van der Waals surface area (Å²) in [6.45, 7) is 7.40. The molecular weight excluding hydrogens is 234 g/mol. The third kappa shape index (κ3) is 2.56. The third-order valence-electron chi connectivity index (χ3n) is 3.80. The minimum Gasteiger partial charge on any atom is -0.310 e. The lowest BCUT2D eigenvalue weighted by Gasteiger charge is -2.12. The summed E-state index contributed by atoms with van der Waals surface area (Å²) in [5, 5.41) is 11.0. The van der Waals surface area contributed by atoms with Crippen molar-refractivity contribution in [1.29, 1.82) is 0 Å². The molecule has 1 aromatic heterocycles. The highest BCUT2D eigenvalue weighted by molar-refractivity contribution is 5.70. The molecule has 19 heavy (non-hydrogen) atoms. The summed E-state index contributed by atoms with van der Waals surface area (Å²) in [7, 11) is 0. The third-order valence-corrected chi connectivity index (χ3v) is 3.80. The first kappa shape index (κ1) is 12.4. The van der Waals surface area contributed by atoms with Gasteiger partial charge in [-0.25, -0.2) is 0 Å². The van der Waals surface area contributed by atoms with Gasteiger partial charge in [-0.3, -0.25) is 5.10 Å². The maximum Gasteiger partial charge on any atom is 0.0700 e. The van der Waals surface area contributed by atoms with Gasteiger partial charge in [-0.1, -0.05) is 17.7 Å². The highest BCUT2D eigenvalue weighted by Gasteiger charge is 2.21. The molecule has 1 heterocycles. The van der Waals surface area contributed by atoms with E-state index in [1.807, 2.05) is 6.20 Å². The van der Waals surface area contributed by atoms with Gasteiger partial charge in [-0.05, 0) is 44.7 Å². The van der Waals surface area contributed by atoms with Crippen LogP contribution in [0.4, 0.5) is 0 Å². The van der Waals surface area contributed by atoms with Gasteiger partial charge in [0.05, 0.1) is 11.9 Å². The fourth-order valence-electron chi connectivity index (χ4n) is 2.78. The number of aromatic nitrogens is 2. The Morgan fingerprint density at radius 1 is 1.21 bits per heavy atom. The van der Waals surface area contributed by atoms with Gasteiger partial charge in [0.15, 0.2) is 0 Å². The monoisotopic (exact) mass is 255 g/mol. The van der Waals surface area contributed by atoms with Crippen LogP contribution in [0.5, 0.6) is 0 Å². The zero-order valence-electron chi connectivity index (χ0n) is 11.9. The van der Waals surface area contributed by atoms with Crippen LogP contribution in [0, 0.1) is 20.8 Å². The number of hydrogen-bond donors (Lipinski definition) is 2. The second kappa shape index (κ2) is 4.82. The van der Waals surface area contributed by atoms with Crippen LogP contribution >= 0.6 is 0 Å². The van der Waals surface area contributed by atoms with Crippen LogP contribution in [-0.4, -0.2) is 16.2 Å². The molecule has 0 spiro atoms. The van der Waals surface area contributed by atoms with Gasteiger partial charge in [-0.2, -0.15) is 5.10 Å². The van der Waals surface area contributed by atoms with Gasteiger partial charge >= 0.3 is 0 Å². The maximum absolute atomic E-state index is 4.24. The van der Waals surface area contributed by atoms with Gasteiger partial charge in [-0.15, -0.1) is 0 Å². The zero-order valence-corrected chi connectivity index (χ0v) is 11.9. The molecule has 0 atom stereocenters. The molecule has 0 radical (unpaired) electrons. The molecule has 0 amide bonds. The first-order valence-electron chi connectivity index (χ1n) is 6.99. The number of H-pyrrole nitrogens is 1. The Morgan fingerprint density at radius 2 is 1.89 bits per heavy atom. The molecule has 1 aliphatic carbocycles. The number of aromatic amines is 1. The van der Waals surface area contributed by atoms with E-state index in [4.69, 9.17) is 0 Å². The van der Waals surface area contributed by atoms with Crippen molar-refractivity contribution in [2.24, 2.45) is 0 Å². The number of aryl methyl sites for hydroxylation is 3. The molecule has 0 bridgehead atoms. The van der Waals surface area contributed by atoms with E-state index in [9.17, 15) is 0 Å². The van der Waals surface area contributed by atoms with E-state index in [2.05, 4.69) is 48.4 Å². The summed E-state index contributed by atoms with van der Waals surface area (Å²) in [4.78, 5) is 0. The van der Waals surface area contributed by atoms with Crippen LogP contribution in [0.2, 0.25) is 0 Å². The Hall–Kier alpha value is -1.61. The standard InChI is InChI=1S/C16H21N3/c1-10-6-11(2)15(12(3)7-10)16-13(9-18-19-16)8-17-14-4-5-14/h6-7,9,14,17H,4-5,8H2,1-3H3,(H,18,19). The van der Waals surface area contributed by atoms with Crippen LogP contribution in [0.3, 0.4) is 0 Å².